The second kappa shape index (κ2) is 7.02. The maximum absolute atomic E-state index is 12.4. The van der Waals surface area contributed by atoms with E-state index in [-0.39, 0.29) is 18.4 Å². The van der Waals surface area contributed by atoms with Gasteiger partial charge in [0, 0.05) is 25.5 Å². The van der Waals surface area contributed by atoms with Crippen molar-refractivity contribution < 1.29 is 9.59 Å². The summed E-state index contributed by atoms with van der Waals surface area (Å²) in [6, 6.07) is 11.2. The number of pyridine rings is 1. The van der Waals surface area contributed by atoms with E-state index in [1.165, 1.54) is 4.90 Å². The summed E-state index contributed by atoms with van der Waals surface area (Å²) in [5.41, 5.74) is 1.13. The molecule has 1 heterocycles. The molecule has 5 nitrogen and oxygen atoms in total. The van der Waals surface area contributed by atoms with Gasteiger partial charge >= 0.3 is 0 Å². The molecule has 0 bridgehead atoms. The van der Waals surface area contributed by atoms with Crippen LogP contribution in [0.25, 0.3) is 10.9 Å². The Morgan fingerprint density at radius 2 is 1.73 bits per heavy atom. The highest BCUT2D eigenvalue weighted by Gasteiger charge is 2.18. The van der Waals surface area contributed by atoms with Crippen molar-refractivity contribution in [2.75, 3.05) is 26.7 Å². The van der Waals surface area contributed by atoms with Crippen LogP contribution >= 0.6 is 0 Å². The second-order valence-electron chi connectivity index (χ2n) is 5.12. The number of benzene rings is 1. The minimum absolute atomic E-state index is 0.0540. The first-order valence-corrected chi connectivity index (χ1v) is 7.45. The summed E-state index contributed by atoms with van der Waals surface area (Å²) in [6.07, 6.45) is 0. The Hall–Kier alpha value is -2.43. The molecule has 5 heteroatoms. The number of para-hydroxylation sites is 1. The van der Waals surface area contributed by atoms with Crippen molar-refractivity contribution in [3.8, 4) is 0 Å². The lowest BCUT2D eigenvalue weighted by molar-refractivity contribution is -0.131. The van der Waals surface area contributed by atoms with Gasteiger partial charge in [0.15, 0.2) is 0 Å². The van der Waals surface area contributed by atoms with Gasteiger partial charge in [0.05, 0.1) is 12.1 Å². The SMILES string of the molecule is CCN(CC)C(=O)CN(C)C(=O)c1ccc2ccccc2n1. The first-order chi connectivity index (χ1) is 10.6. The third-order valence-electron chi connectivity index (χ3n) is 3.65. The van der Waals surface area contributed by atoms with Crippen LogP contribution in [-0.2, 0) is 4.79 Å². The summed E-state index contributed by atoms with van der Waals surface area (Å²) in [5.74, 6) is -0.298. The predicted molar refractivity (Wildman–Crippen MR) is 86.6 cm³/mol. The van der Waals surface area contributed by atoms with Crippen LogP contribution in [0.4, 0.5) is 0 Å². The topological polar surface area (TPSA) is 53.5 Å². The molecule has 0 unspecified atom stereocenters. The maximum Gasteiger partial charge on any atom is 0.272 e. The van der Waals surface area contributed by atoms with Crippen molar-refractivity contribution >= 4 is 22.7 Å². The van der Waals surface area contributed by atoms with Gasteiger partial charge in [-0.1, -0.05) is 24.3 Å². The van der Waals surface area contributed by atoms with Gasteiger partial charge in [-0.15, -0.1) is 0 Å². The van der Waals surface area contributed by atoms with Gasteiger partial charge in [-0.05, 0) is 26.0 Å². The summed E-state index contributed by atoms with van der Waals surface area (Å²) in [5, 5.41) is 0.987. The number of hydrogen-bond acceptors (Lipinski definition) is 3. The molecule has 0 aliphatic heterocycles. The summed E-state index contributed by atoms with van der Waals surface area (Å²) < 4.78 is 0. The number of likely N-dealkylation sites (N-methyl/N-ethyl adjacent to an activating group) is 2. The average molecular weight is 299 g/mol. The quantitative estimate of drug-likeness (QED) is 0.850. The van der Waals surface area contributed by atoms with Crippen molar-refractivity contribution in [1.82, 2.24) is 14.8 Å². The van der Waals surface area contributed by atoms with E-state index in [2.05, 4.69) is 4.98 Å². The lowest BCUT2D eigenvalue weighted by Gasteiger charge is -2.23. The number of amides is 2. The van der Waals surface area contributed by atoms with Crippen molar-refractivity contribution in [3.63, 3.8) is 0 Å². The molecule has 116 valence electrons. The van der Waals surface area contributed by atoms with E-state index in [9.17, 15) is 9.59 Å². The molecule has 2 aromatic rings. The lowest BCUT2D eigenvalue weighted by atomic mass is 10.2. The Morgan fingerprint density at radius 1 is 1.05 bits per heavy atom. The molecule has 1 aromatic carbocycles. The van der Waals surface area contributed by atoms with Crippen LogP contribution in [-0.4, -0.2) is 53.3 Å². The highest BCUT2D eigenvalue weighted by molar-refractivity contribution is 5.96. The van der Waals surface area contributed by atoms with E-state index in [4.69, 9.17) is 0 Å². The van der Waals surface area contributed by atoms with E-state index < -0.39 is 0 Å². The standard InChI is InChI=1S/C17H21N3O2/c1-4-20(5-2)16(21)12-19(3)17(22)15-11-10-13-8-6-7-9-14(13)18-15/h6-11H,4-5,12H2,1-3H3. The molecule has 0 atom stereocenters. The monoisotopic (exact) mass is 299 g/mol. The zero-order valence-corrected chi connectivity index (χ0v) is 13.2. The molecule has 0 fully saturated rings. The third kappa shape index (κ3) is 3.42. The molecule has 0 spiro atoms. The van der Waals surface area contributed by atoms with E-state index in [1.807, 2.05) is 44.2 Å². The number of fused-ring (bicyclic) bond motifs is 1. The Balaban J connectivity index is 2.13. The fourth-order valence-electron chi connectivity index (χ4n) is 2.33. The second-order valence-corrected chi connectivity index (χ2v) is 5.12. The van der Waals surface area contributed by atoms with E-state index in [0.29, 0.717) is 18.8 Å². The molecular formula is C17H21N3O2. The summed E-state index contributed by atoms with van der Waals surface area (Å²) in [6.45, 7) is 5.20. The molecule has 2 rings (SSSR count). The Morgan fingerprint density at radius 3 is 2.41 bits per heavy atom. The van der Waals surface area contributed by atoms with Crippen molar-refractivity contribution in [2.24, 2.45) is 0 Å². The average Bonchev–Trinajstić information content (AvgIpc) is 2.54. The smallest absolute Gasteiger partial charge is 0.272 e. The maximum atomic E-state index is 12.4. The molecule has 0 aliphatic carbocycles. The number of hydrogen-bond donors (Lipinski definition) is 0. The van der Waals surface area contributed by atoms with Crippen LogP contribution in [0.15, 0.2) is 36.4 Å². The first-order valence-electron chi connectivity index (χ1n) is 7.45. The van der Waals surface area contributed by atoms with Crippen molar-refractivity contribution in [2.45, 2.75) is 13.8 Å². The largest absolute Gasteiger partial charge is 0.342 e. The van der Waals surface area contributed by atoms with Crippen molar-refractivity contribution in [3.05, 3.63) is 42.1 Å². The number of carbonyl (C=O) groups is 2. The van der Waals surface area contributed by atoms with Crippen LogP contribution in [0.2, 0.25) is 0 Å². The molecule has 0 aliphatic rings. The van der Waals surface area contributed by atoms with Crippen LogP contribution < -0.4 is 0 Å². The van der Waals surface area contributed by atoms with Gasteiger partial charge in [0.2, 0.25) is 5.91 Å². The Bertz CT molecular complexity index is 680. The van der Waals surface area contributed by atoms with Gasteiger partial charge in [0.25, 0.3) is 5.91 Å². The van der Waals surface area contributed by atoms with Gasteiger partial charge in [-0.2, -0.15) is 0 Å². The van der Waals surface area contributed by atoms with Gasteiger partial charge in [-0.25, -0.2) is 4.98 Å². The minimum Gasteiger partial charge on any atom is -0.342 e. The number of rotatable bonds is 5. The normalized spacial score (nSPS) is 10.5. The van der Waals surface area contributed by atoms with Crippen LogP contribution in [0, 0.1) is 0 Å². The third-order valence-corrected chi connectivity index (χ3v) is 3.65. The Kier molecular flexibility index (Phi) is 5.09. The first kappa shape index (κ1) is 15.9. The molecule has 0 saturated heterocycles. The molecule has 22 heavy (non-hydrogen) atoms. The zero-order chi connectivity index (χ0) is 16.1. The molecular weight excluding hydrogens is 278 g/mol. The van der Waals surface area contributed by atoms with Gasteiger partial charge in [0.1, 0.15) is 5.69 Å². The van der Waals surface area contributed by atoms with E-state index in [1.54, 1.807) is 18.0 Å². The lowest BCUT2D eigenvalue weighted by Crippen LogP contribution is -2.41. The molecule has 0 saturated carbocycles. The number of carbonyl (C=O) groups excluding carboxylic acids is 2. The minimum atomic E-state index is -0.244. The van der Waals surface area contributed by atoms with E-state index in [0.717, 1.165) is 10.9 Å². The molecule has 0 radical (unpaired) electrons. The van der Waals surface area contributed by atoms with Crippen LogP contribution in [0.1, 0.15) is 24.3 Å². The highest BCUT2D eigenvalue weighted by Crippen LogP contribution is 2.12. The summed E-state index contributed by atoms with van der Waals surface area (Å²) in [7, 11) is 1.63. The van der Waals surface area contributed by atoms with Gasteiger partial charge in [-0.3, -0.25) is 9.59 Å². The fourth-order valence-corrected chi connectivity index (χ4v) is 2.33. The summed E-state index contributed by atoms with van der Waals surface area (Å²) >= 11 is 0. The van der Waals surface area contributed by atoms with Crippen LogP contribution in [0.5, 0.6) is 0 Å². The predicted octanol–water partition coefficient (Wildman–Crippen LogP) is 2.18. The molecule has 2 amide bonds. The molecule has 0 N–H and O–H groups in total. The van der Waals surface area contributed by atoms with Crippen LogP contribution in [0.3, 0.4) is 0 Å². The van der Waals surface area contributed by atoms with E-state index >= 15 is 0 Å². The number of aromatic nitrogens is 1. The summed E-state index contributed by atoms with van der Waals surface area (Å²) in [4.78, 5) is 32.0. The fraction of sp³-hybridized carbons (Fsp3) is 0.353. The van der Waals surface area contributed by atoms with Crippen molar-refractivity contribution in [1.29, 1.82) is 0 Å². The van der Waals surface area contributed by atoms with Gasteiger partial charge < -0.3 is 9.80 Å². The Labute approximate surface area is 130 Å². The molecule has 1 aromatic heterocycles. The zero-order valence-electron chi connectivity index (χ0n) is 13.2. The highest BCUT2D eigenvalue weighted by atomic mass is 16.2. The number of nitrogens with zero attached hydrogens (tertiary/aromatic N) is 3.